The fraction of sp³-hybridized carbons (Fsp3) is 0.160. The highest BCUT2D eigenvalue weighted by molar-refractivity contribution is 7.91. The van der Waals surface area contributed by atoms with Crippen LogP contribution in [0.3, 0.4) is 0 Å². The SMILES string of the molecule is COc1cc2ncc(S(=O)(=O)c3ccc(Cl)cc3)c(Nc3ccc4c(c3)OCCO4)c2cc1OC. The molecule has 0 saturated carbocycles. The predicted octanol–water partition coefficient (Wildman–Crippen LogP) is 5.25. The van der Waals surface area contributed by atoms with Gasteiger partial charge < -0.3 is 24.3 Å². The van der Waals surface area contributed by atoms with E-state index in [2.05, 4.69) is 10.3 Å². The third-order valence-electron chi connectivity index (χ3n) is 5.56. The molecule has 0 bridgehead atoms. The summed E-state index contributed by atoms with van der Waals surface area (Å²) in [5, 5.41) is 4.24. The first-order valence-corrected chi connectivity index (χ1v) is 12.5. The maximum absolute atomic E-state index is 13.7. The lowest BCUT2D eigenvalue weighted by molar-refractivity contribution is 0.171. The Balaban J connectivity index is 1.72. The number of ether oxygens (including phenoxy) is 4. The van der Waals surface area contributed by atoms with Gasteiger partial charge in [-0.2, -0.15) is 0 Å². The van der Waals surface area contributed by atoms with Crippen molar-refractivity contribution in [2.45, 2.75) is 9.79 Å². The van der Waals surface area contributed by atoms with Crippen molar-refractivity contribution in [2.75, 3.05) is 32.8 Å². The summed E-state index contributed by atoms with van der Waals surface area (Å²) in [5.41, 5.74) is 1.48. The molecule has 1 aromatic heterocycles. The molecular formula is C25H21ClN2O6S. The van der Waals surface area contributed by atoms with Crippen LogP contribution < -0.4 is 24.3 Å². The van der Waals surface area contributed by atoms with Crippen molar-refractivity contribution >= 4 is 43.7 Å². The number of hydrogen-bond acceptors (Lipinski definition) is 8. The quantitative estimate of drug-likeness (QED) is 0.374. The smallest absolute Gasteiger partial charge is 0.210 e. The summed E-state index contributed by atoms with van der Waals surface area (Å²) < 4.78 is 49.5. The third-order valence-corrected chi connectivity index (χ3v) is 7.60. The fourth-order valence-electron chi connectivity index (χ4n) is 3.84. The monoisotopic (exact) mass is 512 g/mol. The maximum atomic E-state index is 13.7. The summed E-state index contributed by atoms with van der Waals surface area (Å²) >= 11 is 5.98. The van der Waals surface area contributed by atoms with Crippen molar-refractivity contribution in [3.05, 3.63) is 65.8 Å². The standard InChI is InChI=1S/C25H21ClN2O6S/c1-31-21-12-18-19(13-22(21)32-2)27-14-24(35(29,30)17-6-3-15(26)4-7-17)25(18)28-16-5-8-20-23(11-16)34-10-9-33-20/h3-8,11-14H,9-10H2,1-2H3,(H,27,28). The molecule has 3 aromatic carbocycles. The average Bonchev–Trinajstić information content (AvgIpc) is 2.88. The third kappa shape index (κ3) is 4.28. The van der Waals surface area contributed by atoms with Gasteiger partial charge in [0.05, 0.1) is 30.3 Å². The van der Waals surface area contributed by atoms with Crippen LogP contribution in [0.15, 0.2) is 70.6 Å². The molecule has 0 aliphatic carbocycles. The van der Waals surface area contributed by atoms with Crippen molar-refractivity contribution < 1.29 is 27.4 Å². The molecule has 5 rings (SSSR count). The Morgan fingerprint density at radius 3 is 2.31 bits per heavy atom. The van der Waals surface area contributed by atoms with Gasteiger partial charge in [-0.3, -0.25) is 4.98 Å². The minimum Gasteiger partial charge on any atom is -0.493 e. The number of nitrogens with one attached hydrogen (secondary N) is 1. The summed E-state index contributed by atoms with van der Waals surface area (Å²) in [6.07, 6.45) is 1.33. The van der Waals surface area contributed by atoms with E-state index in [-0.39, 0.29) is 9.79 Å². The van der Waals surface area contributed by atoms with E-state index in [0.29, 0.717) is 63.5 Å². The van der Waals surface area contributed by atoms with Crippen molar-refractivity contribution in [2.24, 2.45) is 0 Å². The second-order valence-electron chi connectivity index (χ2n) is 7.66. The van der Waals surface area contributed by atoms with Crippen LogP contribution in [0.1, 0.15) is 0 Å². The van der Waals surface area contributed by atoms with E-state index in [0.717, 1.165) is 0 Å². The normalized spacial score (nSPS) is 12.9. The van der Waals surface area contributed by atoms with E-state index in [1.54, 1.807) is 30.3 Å². The Bertz CT molecular complexity index is 1520. The Kier molecular flexibility index (Phi) is 6.04. The molecule has 4 aromatic rings. The molecule has 10 heteroatoms. The highest BCUT2D eigenvalue weighted by Crippen LogP contribution is 2.41. The molecular weight excluding hydrogens is 492 g/mol. The number of anilines is 2. The summed E-state index contributed by atoms with van der Waals surface area (Å²) in [6.45, 7) is 0.904. The largest absolute Gasteiger partial charge is 0.493 e. The summed E-state index contributed by atoms with van der Waals surface area (Å²) in [5.74, 6) is 2.11. The van der Waals surface area contributed by atoms with Gasteiger partial charge in [-0.1, -0.05) is 11.6 Å². The molecule has 8 nitrogen and oxygen atoms in total. The lowest BCUT2D eigenvalue weighted by atomic mass is 10.1. The summed E-state index contributed by atoms with van der Waals surface area (Å²) in [6, 6.07) is 14.7. The zero-order valence-electron chi connectivity index (χ0n) is 18.9. The highest BCUT2D eigenvalue weighted by atomic mass is 35.5. The van der Waals surface area contributed by atoms with E-state index in [4.69, 9.17) is 30.5 Å². The van der Waals surface area contributed by atoms with E-state index in [1.165, 1.54) is 44.7 Å². The molecule has 0 unspecified atom stereocenters. The van der Waals surface area contributed by atoms with Crippen LogP contribution in [0.2, 0.25) is 5.02 Å². The highest BCUT2D eigenvalue weighted by Gasteiger charge is 2.25. The molecule has 1 aliphatic heterocycles. The minimum atomic E-state index is -3.96. The van der Waals surface area contributed by atoms with Crippen LogP contribution in [-0.2, 0) is 9.84 Å². The van der Waals surface area contributed by atoms with Gasteiger partial charge in [0.25, 0.3) is 0 Å². The van der Waals surface area contributed by atoms with Crippen LogP contribution in [0.5, 0.6) is 23.0 Å². The molecule has 0 saturated heterocycles. The molecule has 35 heavy (non-hydrogen) atoms. The van der Waals surface area contributed by atoms with Crippen molar-refractivity contribution in [3.8, 4) is 23.0 Å². The molecule has 1 aliphatic rings. The topological polar surface area (TPSA) is 96.0 Å². The van der Waals surface area contributed by atoms with Gasteiger partial charge in [0.2, 0.25) is 9.84 Å². The van der Waals surface area contributed by atoms with Gasteiger partial charge in [0, 0.05) is 34.4 Å². The summed E-state index contributed by atoms with van der Waals surface area (Å²) in [4.78, 5) is 4.51. The first-order valence-electron chi connectivity index (χ1n) is 10.6. The van der Waals surface area contributed by atoms with Gasteiger partial charge in [-0.15, -0.1) is 0 Å². The van der Waals surface area contributed by atoms with E-state index < -0.39 is 9.84 Å². The van der Waals surface area contributed by atoms with Crippen LogP contribution in [-0.4, -0.2) is 40.8 Å². The van der Waals surface area contributed by atoms with Crippen LogP contribution in [0.4, 0.5) is 11.4 Å². The summed E-state index contributed by atoms with van der Waals surface area (Å²) in [7, 11) is -0.924. The number of methoxy groups -OCH3 is 2. The molecule has 2 heterocycles. The molecule has 0 fully saturated rings. The number of benzene rings is 3. The first-order chi connectivity index (χ1) is 16.9. The van der Waals surface area contributed by atoms with Gasteiger partial charge >= 0.3 is 0 Å². The zero-order valence-corrected chi connectivity index (χ0v) is 20.4. The number of pyridine rings is 1. The fourth-order valence-corrected chi connectivity index (χ4v) is 5.34. The molecule has 0 atom stereocenters. The minimum absolute atomic E-state index is 0.00516. The van der Waals surface area contributed by atoms with Crippen molar-refractivity contribution in [1.82, 2.24) is 4.98 Å². The van der Waals surface area contributed by atoms with Crippen molar-refractivity contribution in [1.29, 1.82) is 0 Å². The molecule has 0 amide bonds. The Morgan fingerprint density at radius 2 is 1.60 bits per heavy atom. The van der Waals surface area contributed by atoms with E-state index in [1.807, 2.05) is 0 Å². The van der Waals surface area contributed by atoms with Gasteiger partial charge in [-0.05, 0) is 42.5 Å². The molecule has 1 N–H and O–H groups in total. The number of hydrogen-bond donors (Lipinski definition) is 1. The van der Waals surface area contributed by atoms with Crippen LogP contribution in [0.25, 0.3) is 10.9 Å². The lowest BCUT2D eigenvalue weighted by Gasteiger charge is -2.20. The second kappa shape index (κ2) is 9.16. The number of sulfone groups is 1. The molecule has 0 spiro atoms. The second-order valence-corrected chi connectivity index (χ2v) is 10.0. The van der Waals surface area contributed by atoms with Gasteiger partial charge in [0.15, 0.2) is 23.0 Å². The number of aromatic nitrogens is 1. The maximum Gasteiger partial charge on any atom is 0.210 e. The first kappa shape index (κ1) is 23.1. The van der Waals surface area contributed by atoms with Crippen molar-refractivity contribution in [3.63, 3.8) is 0 Å². The van der Waals surface area contributed by atoms with Crippen LogP contribution in [0, 0.1) is 0 Å². The van der Waals surface area contributed by atoms with E-state index in [9.17, 15) is 8.42 Å². The number of fused-ring (bicyclic) bond motifs is 2. The number of rotatable bonds is 6. The molecule has 180 valence electrons. The average molecular weight is 513 g/mol. The Hall–Kier alpha value is -3.69. The van der Waals surface area contributed by atoms with Gasteiger partial charge in [0.1, 0.15) is 18.1 Å². The zero-order chi connectivity index (χ0) is 24.6. The molecule has 0 radical (unpaired) electrons. The van der Waals surface area contributed by atoms with E-state index >= 15 is 0 Å². The lowest BCUT2D eigenvalue weighted by Crippen LogP contribution is -2.15. The van der Waals surface area contributed by atoms with Gasteiger partial charge in [-0.25, -0.2) is 8.42 Å². The number of nitrogens with zero attached hydrogens (tertiary/aromatic N) is 1. The predicted molar refractivity (Wildman–Crippen MR) is 132 cm³/mol. The number of halogens is 1. The Morgan fingerprint density at radius 1 is 0.914 bits per heavy atom. The van der Waals surface area contributed by atoms with Crippen LogP contribution >= 0.6 is 11.6 Å². The Labute approximate surface area is 207 Å².